The average Bonchev–Trinajstić information content (AvgIpc) is 2.45. The van der Waals surface area contributed by atoms with Crippen molar-refractivity contribution in [3.63, 3.8) is 0 Å². The topological polar surface area (TPSA) is 66.4 Å². The highest BCUT2D eigenvalue weighted by molar-refractivity contribution is 7.89. The first kappa shape index (κ1) is 15.6. The van der Waals surface area contributed by atoms with E-state index in [9.17, 15) is 12.8 Å². The van der Waals surface area contributed by atoms with Crippen LogP contribution in [0.5, 0.6) is 0 Å². The lowest BCUT2D eigenvalue weighted by atomic mass is 10.1. The quantitative estimate of drug-likeness (QED) is 0.889. The highest BCUT2D eigenvalue weighted by Gasteiger charge is 2.16. The van der Waals surface area contributed by atoms with Crippen LogP contribution in [0.4, 0.5) is 4.39 Å². The molecule has 4 nitrogen and oxygen atoms in total. The Morgan fingerprint density at radius 1 is 1.14 bits per heavy atom. The van der Waals surface area contributed by atoms with Crippen LogP contribution in [0.3, 0.4) is 0 Å². The van der Waals surface area contributed by atoms with Crippen molar-refractivity contribution in [2.24, 2.45) is 0 Å². The maximum Gasteiger partial charge on any atom is 0.241 e. The maximum atomic E-state index is 13.0. The number of hydrogen-bond donors (Lipinski definition) is 2. The van der Waals surface area contributed by atoms with E-state index in [2.05, 4.69) is 4.72 Å². The van der Waals surface area contributed by atoms with Gasteiger partial charge in [0.1, 0.15) is 5.82 Å². The number of hydrogen-bond acceptors (Lipinski definition) is 3. The van der Waals surface area contributed by atoms with Gasteiger partial charge in [-0.25, -0.2) is 17.5 Å². The van der Waals surface area contributed by atoms with Crippen LogP contribution in [0.2, 0.25) is 0 Å². The zero-order valence-electron chi connectivity index (χ0n) is 11.5. The largest absolute Gasteiger partial charge is 0.392 e. The van der Waals surface area contributed by atoms with E-state index in [4.69, 9.17) is 5.11 Å². The van der Waals surface area contributed by atoms with Gasteiger partial charge < -0.3 is 5.11 Å². The minimum Gasteiger partial charge on any atom is -0.392 e. The van der Waals surface area contributed by atoms with E-state index < -0.39 is 15.8 Å². The molecule has 0 aliphatic rings. The lowest BCUT2D eigenvalue weighted by Crippen LogP contribution is -2.24. The molecule has 0 aromatic heterocycles. The third-order valence-electron chi connectivity index (χ3n) is 3.07. The summed E-state index contributed by atoms with van der Waals surface area (Å²) < 4.78 is 39.9. The molecule has 0 spiro atoms. The average molecular weight is 309 g/mol. The number of aliphatic hydroxyl groups is 1. The van der Waals surface area contributed by atoms with Gasteiger partial charge in [0.05, 0.1) is 11.5 Å². The van der Waals surface area contributed by atoms with Gasteiger partial charge in [0.2, 0.25) is 10.0 Å². The Balaban J connectivity index is 2.17. The molecule has 2 aromatic carbocycles. The first-order valence-electron chi connectivity index (χ1n) is 6.37. The number of sulfonamides is 1. The van der Waals surface area contributed by atoms with Crippen LogP contribution in [-0.2, 0) is 23.2 Å². The number of nitrogens with one attached hydrogen (secondary N) is 1. The fourth-order valence-electron chi connectivity index (χ4n) is 2.01. The Kier molecular flexibility index (Phi) is 4.72. The van der Waals surface area contributed by atoms with Crippen LogP contribution in [0, 0.1) is 12.7 Å². The fourth-order valence-corrected chi connectivity index (χ4v) is 3.25. The highest BCUT2D eigenvalue weighted by Crippen LogP contribution is 2.16. The molecule has 2 N–H and O–H groups in total. The summed E-state index contributed by atoms with van der Waals surface area (Å²) in [7, 11) is -3.70. The normalized spacial score (nSPS) is 11.6. The SMILES string of the molecule is Cc1cc(F)ccc1S(=O)(=O)NCc1cccc(CO)c1. The second-order valence-electron chi connectivity index (χ2n) is 4.71. The zero-order chi connectivity index (χ0) is 15.5. The molecule has 2 aromatic rings. The summed E-state index contributed by atoms with van der Waals surface area (Å²) in [6.45, 7) is 1.55. The van der Waals surface area contributed by atoms with E-state index in [-0.39, 0.29) is 18.0 Å². The Bertz CT molecular complexity index is 744. The number of benzene rings is 2. The van der Waals surface area contributed by atoms with Crippen LogP contribution in [0.15, 0.2) is 47.4 Å². The molecular weight excluding hydrogens is 293 g/mol. The molecule has 0 radical (unpaired) electrons. The van der Waals surface area contributed by atoms with E-state index >= 15 is 0 Å². The number of rotatable bonds is 5. The Morgan fingerprint density at radius 2 is 1.86 bits per heavy atom. The summed E-state index contributed by atoms with van der Waals surface area (Å²) in [5, 5.41) is 9.06. The van der Waals surface area contributed by atoms with E-state index in [0.29, 0.717) is 11.1 Å². The Labute approximate surface area is 123 Å². The number of halogens is 1. The molecule has 0 atom stereocenters. The molecule has 6 heteroatoms. The van der Waals surface area contributed by atoms with Crippen molar-refractivity contribution in [2.75, 3.05) is 0 Å². The molecule has 0 saturated carbocycles. The predicted molar refractivity (Wildman–Crippen MR) is 77.5 cm³/mol. The summed E-state index contributed by atoms with van der Waals surface area (Å²) in [6, 6.07) is 10.5. The number of aryl methyl sites for hydroxylation is 1. The minimum atomic E-state index is -3.70. The first-order valence-corrected chi connectivity index (χ1v) is 7.85. The summed E-state index contributed by atoms with van der Waals surface area (Å²) in [4.78, 5) is 0.0576. The van der Waals surface area contributed by atoms with Crippen molar-refractivity contribution in [3.05, 3.63) is 65.0 Å². The van der Waals surface area contributed by atoms with Gasteiger partial charge in [0.15, 0.2) is 0 Å². The molecule has 0 fully saturated rings. The lowest BCUT2D eigenvalue weighted by Gasteiger charge is -2.10. The van der Waals surface area contributed by atoms with Crippen LogP contribution >= 0.6 is 0 Å². The molecule has 0 aliphatic carbocycles. The van der Waals surface area contributed by atoms with Crippen molar-refractivity contribution in [3.8, 4) is 0 Å². The third-order valence-corrected chi connectivity index (χ3v) is 4.63. The first-order chi connectivity index (χ1) is 9.92. The van der Waals surface area contributed by atoms with Gasteiger partial charge in [-0.05, 0) is 41.8 Å². The van der Waals surface area contributed by atoms with Gasteiger partial charge in [-0.3, -0.25) is 0 Å². The van der Waals surface area contributed by atoms with Gasteiger partial charge in [-0.15, -0.1) is 0 Å². The molecule has 21 heavy (non-hydrogen) atoms. The molecule has 112 valence electrons. The molecule has 0 saturated heterocycles. The van der Waals surface area contributed by atoms with E-state index in [0.717, 1.165) is 11.6 Å². The predicted octanol–water partition coefficient (Wildman–Crippen LogP) is 2.10. The van der Waals surface area contributed by atoms with Crippen LogP contribution in [0.25, 0.3) is 0 Å². The Hall–Kier alpha value is -1.76. The fraction of sp³-hybridized carbons (Fsp3) is 0.200. The highest BCUT2D eigenvalue weighted by atomic mass is 32.2. The summed E-state index contributed by atoms with van der Waals surface area (Å²) in [5.41, 5.74) is 1.81. The van der Waals surface area contributed by atoms with E-state index in [1.165, 1.54) is 12.1 Å². The second kappa shape index (κ2) is 6.34. The van der Waals surface area contributed by atoms with Crippen LogP contribution < -0.4 is 4.72 Å². The van der Waals surface area contributed by atoms with Gasteiger partial charge in [0.25, 0.3) is 0 Å². The van der Waals surface area contributed by atoms with Crippen molar-refractivity contribution in [1.82, 2.24) is 4.72 Å². The van der Waals surface area contributed by atoms with Crippen LogP contribution in [0.1, 0.15) is 16.7 Å². The van der Waals surface area contributed by atoms with Crippen molar-refractivity contribution in [1.29, 1.82) is 0 Å². The minimum absolute atomic E-state index is 0.0576. The van der Waals surface area contributed by atoms with Gasteiger partial charge >= 0.3 is 0 Å². The van der Waals surface area contributed by atoms with Crippen LogP contribution in [-0.4, -0.2) is 13.5 Å². The Morgan fingerprint density at radius 3 is 2.52 bits per heavy atom. The van der Waals surface area contributed by atoms with Crippen molar-refractivity contribution in [2.45, 2.75) is 25.0 Å². The number of aliphatic hydroxyl groups excluding tert-OH is 1. The zero-order valence-corrected chi connectivity index (χ0v) is 12.3. The summed E-state index contributed by atoms with van der Waals surface area (Å²) in [6.07, 6.45) is 0. The van der Waals surface area contributed by atoms with Crippen molar-refractivity contribution >= 4 is 10.0 Å². The van der Waals surface area contributed by atoms with E-state index in [1.54, 1.807) is 31.2 Å². The standard InChI is InChI=1S/C15H16FNO3S/c1-11-7-14(16)5-6-15(11)21(19,20)17-9-12-3-2-4-13(8-12)10-18/h2-8,17-18H,9-10H2,1H3. The molecule has 0 bridgehead atoms. The molecule has 0 unspecified atom stereocenters. The smallest absolute Gasteiger partial charge is 0.241 e. The van der Waals surface area contributed by atoms with Gasteiger partial charge in [0, 0.05) is 6.54 Å². The summed E-state index contributed by atoms with van der Waals surface area (Å²) in [5.74, 6) is -0.470. The molecule has 2 rings (SSSR count). The molecule has 0 aliphatic heterocycles. The lowest BCUT2D eigenvalue weighted by molar-refractivity contribution is 0.281. The van der Waals surface area contributed by atoms with Gasteiger partial charge in [-0.2, -0.15) is 0 Å². The molecular formula is C15H16FNO3S. The molecule has 0 amide bonds. The molecule has 0 heterocycles. The summed E-state index contributed by atoms with van der Waals surface area (Å²) >= 11 is 0. The maximum absolute atomic E-state index is 13.0. The van der Waals surface area contributed by atoms with Gasteiger partial charge in [-0.1, -0.05) is 24.3 Å². The van der Waals surface area contributed by atoms with E-state index in [1.807, 2.05) is 0 Å². The van der Waals surface area contributed by atoms with Crippen molar-refractivity contribution < 1.29 is 17.9 Å². The second-order valence-corrected chi connectivity index (χ2v) is 6.45. The third kappa shape index (κ3) is 3.87. The monoisotopic (exact) mass is 309 g/mol.